The Labute approximate surface area is 160 Å². The van der Waals surface area contributed by atoms with Gasteiger partial charge in [0, 0.05) is 37.6 Å². The number of aliphatic hydroxyl groups excluding tert-OH is 1. The molecule has 3 nitrogen and oxygen atoms in total. The zero-order valence-electron chi connectivity index (χ0n) is 13.7. The Bertz CT molecular complexity index is 954. The number of aliphatic hydroxyl groups is 1. The van der Waals surface area contributed by atoms with Crippen molar-refractivity contribution in [3.05, 3.63) is 76.4 Å². The minimum Gasteiger partial charge on any atom is -0.389 e. The highest BCUT2D eigenvalue weighted by Crippen LogP contribution is 2.28. The molecule has 0 aliphatic heterocycles. The van der Waals surface area contributed by atoms with E-state index in [0.717, 1.165) is 16.7 Å². The molecule has 2 N–H and O–H groups in total. The van der Waals surface area contributed by atoms with E-state index in [0.29, 0.717) is 13.1 Å². The molecule has 0 saturated carbocycles. The lowest BCUT2D eigenvalue weighted by Crippen LogP contribution is -2.24. The predicted molar refractivity (Wildman–Crippen MR) is 113 cm³/mol. The van der Waals surface area contributed by atoms with Gasteiger partial charge in [-0.05, 0) is 59.0 Å². The third-order valence-corrected chi connectivity index (χ3v) is 5.18. The molecule has 0 aliphatic carbocycles. The van der Waals surface area contributed by atoms with Crippen molar-refractivity contribution in [2.24, 2.45) is 0 Å². The van der Waals surface area contributed by atoms with E-state index in [2.05, 4.69) is 81.0 Å². The van der Waals surface area contributed by atoms with Crippen molar-refractivity contribution in [2.75, 3.05) is 11.9 Å². The molecule has 0 unspecified atom stereocenters. The van der Waals surface area contributed by atoms with Crippen molar-refractivity contribution in [2.45, 2.75) is 12.6 Å². The van der Waals surface area contributed by atoms with Crippen LogP contribution in [0.3, 0.4) is 0 Å². The standard InChI is InChI=1S/C21H19IN2O/c22-15-9-11-16(12-10-15)23-13-17(25)14-24-20-7-3-1-5-18(20)19-6-2-4-8-21(19)24/h1-12,17,23,25H,13-14H2/t17-/m1/s1. The monoisotopic (exact) mass is 442 g/mol. The van der Waals surface area contributed by atoms with Gasteiger partial charge >= 0.3 is 0 Å². The van der Waals surface area contributed by atoms with Gasteiger partial charge in [0.15, 0.2) is 0 Å². The van der Waals surface area contributed by atoms with Crippen LogP contribution < -0.4 is 5.32 Å². The second kappa shape index (κ2) is 7.06. The topological polar surface area (TPSA) is 37.2 Å². The third kappa shape index (κ3) is 3.37. The van der Waals surface area contributed by atoms with Crippen LogP contribution in [-0.4, -0.2) is 22.3 Å². The molecule has 0 amide bonds. The van der Waals surface area contributed by atoms with Crippen LogP contribution in [0.25, 0.3) is 21.8 Å². The molecular weight excluding hydrogens is 423 g/mol. The summed E-state index contributed by atoms with van der Waals surface area (Å²) in [7, 11) is 0. The van der Waals surface area contributed by atoms with Gasteiger partial charge in [0.2, 0.25) is 0 Å². The van der Waals surface area contributed by atoms with Gasteiger partial charge in [-0.25, -0.2) is 0 Å². The van der Waals surface area contributed by atoms with Gasteiger partial charge in [-0.2, -0.15) is 0 Å². The number of anilines is 1. The molecule has 0 spiro atoms. The molecule has 126 valence electrons. The molecule has 0 fully saturated rings. The van der Waals surface area contributed by atoms with E-state index in [4.69, 9.17) is 0 Å². The molecule has 1 atom stereocenters. The van der Waals surface area contributed by atoms with Crippen LogP contribution in [-0.2, 0) is 6.54 Å². The molecule has 0 saturated heterocycles. The highest BCUT2D eigenvalue weighted by Gasteiger charge is 2.13. The number of para-hydroxylation sites is 2. The second-order valence-corrected chi connectivity index (χ2v) is 7.43. The fourth-order valence-corrected chi connectivity index (χ4v) is 3.64. The Morgan fingerprint density at radius 3 is 2.00 bits per heavy atom. The normalized spacial score (nSPS) is 12.6. The molecule has 1 heterocycles. The van der Waals surface area contributed by atoms with Crippen molar-refractivity contribution >= 4 is 50.1 Å². The number of nitrogens with zero attached hydrogens (tertiary/aromatic N) is 1. The average molecular weight is 442 g/mol. The number of hydrogen-bond donors (Lipinski definition) is 2. The summed E-state index contributed by atoms with van der Waals surface area (Å²) in [5.41, 5.74) is 3.36. The van der Waals surface area contributed by atoms with Crippen LogP contribution in [0.2, 0.25) is 0 Å². The van der Waals surface area contributed by atoms with Crippen LogP contribution in [0.15, 0.2) is 72.8 Å². The maximum atomic E-state index is 10.6. The van der Waals surface area contributed by atoms with E-state index in [1.807, 2.05) is 24.3 Å². The lowest BCUT2D eigenvalue weighted by atomic mass is 10.2. The molecule has 25 heavy (non-hydrogen) atoms. The fourth-order valence-electron chi connectivity index (χ4n) is 3.28. The van der Waals surface area contributed by atoms with E-state index in [1.54, 1.807) is 0 Å². The van der Waals surface area contributed by atoms with E-state index in [-0.39, 0.29) is 0 Å². The number of fused-ring (bicyclic) bond motifs is 3. The van der Waals surface area contributed by atoms with Crippen LogP contribution in [0.4, 0.5) is 5.69 Å². The van der Waals surface area contributed by atoms with Crippen molar-refractivity contribution in [3.63, 3.8) is 0 Å². The van der Waals surface area contributed by atoms with Gasteiger partial charge in [0.05, 0.1) is 12.6 Å². The highest BCUT2D eigenvalue weighted by atomic mass is 127. The first kappa shape index (κ1) is 16.4. The smallest absolute Gasteiger partial charge is 0.0891 e. The summed E-state index contributed by atoms with van der Waals surface area (Å²) >= 11 is 2.29. The third-order valence-electron chi connectivity index (χ3n) is 4.46. The van der Waals surface area contributed by atoms with E-state index in [1.165, 1.54) is 14.3 Å². The van der Waals surface area contributed by atoms with Crippen molar-refractivity contribution in [1.82, 2.24) is 4.57 Å². The van der Waals surface area contributed by atoms with Crippen LogP contribution in [0, 0.1) is 3.57 Å². The molecule has 4 rings (SSSR count). The fraction of sp³-hybridized carbons (Fsp3) is 0.143. The first-order valence-electron chi connectivity index (χ1n) is 8.36. The van der Waals surface area contributed by atoms with Gasteiger partial charge in [0.25, 0.3) is 0 Å². The molecule has 4 aromatic rings. The first-order valence-corrected chi connectivity index (χ1v) is 9.44. The number of rotatable bonds is 5. The van der Waals surface area contributed by atoms with E-state index < -0.39 is 6.10 Å². The van der Waals surface area contributed by atoms with Crippen LogP contribution in [0.1, 0.15) is 0 Å². The number of aromatic nitrogens is 1. The Morgan fingerprint density at radius 2 is 1.40 bits per heavy atom. The highest BCUT2D eigenvalue weighted by molar-refractivity contribution is 14.1. The van der Waals surface area contributed by atoms with Gasteiger partial charge < -0.3 is 15.0 Å². The summed E-state index contributed by atoms with van der Waals surface area (Å²) in [6.07, 6.45) is -0.474. The summed E-state index contributed by atoms with van der Waals surface area (Å²) in [5.74, 6) is 0. The number of hydrogen-bond acceptors (Lipinski definition) is 2. The van der Waals surface area contributed by atoms with Crippen LogP contribution in [0.5, 0.6) is 0 Å². The average Bonchev–Trinajstić information content (AvgIpc) is 2.96. The predicted octanol–water partition coefficient (Wildman–Crippen LogP) is 4.87. The number of benzene rings is 3. The molecule has 1 aromatic heterocycles. The Balaban J connectivity index is 1.58. The Morgan fingerprint density at radius 1 is 0.840 bits per heavy atom. The first-order chi connectivity index (χ1) is 12.2. The molecule has 0 aliphatic rings. The number of nitrogens with one attached hydrogen (secondary N) is 1. The lowest BCUT2D eigenvalue weighted by Gasteiger charge is -2.15. The maximum absolute atomic E-state index is 10.6. The van der Waals surface area contributed by atoms with Crippen LogP contribution >= 0.6 is 22.6 Å². The zero-order valence-corrected chi connectivity index (χ0v) is 15.8. The van der Waals surface area contributed by atoms with Gasteiger partial charge in [-0.3, -0.25) is 0 Å². The molecular formula is C21H19IN2O. The molecule has 0 radical (unpaired) electrons. The minimum absolute atomic E-state index is 0.474. The van der Waals surface area contributed by atoms with E-state index >= 15 is 0 Å². The van der Waals surface area contributed by atoms with Crippen molar-refractivity contribution in [1.29, 1.82) is 0 Å². The molecule has 0 bridgehead atoms. The zero-order chi connectivity index (χ0) is 17.2. The summed E-state index contributed by atoms with van der Waals surface area (Å²) in [4.78, 5) is 0. The van der Waals surface area contributed by atoms with E-state index in [9.17, 15) is 5.11 Å². The molecule has 3 aromatic carbocycles. The van der Waals surface area contributed by atoms with Gasteiger partial charge in [-0.1, -0.05) is 36.4 Å². The quantitative estimate of drug-likeness (QED) is 0.433. The molecule has 4 heteroatoms. The largest absolute Gasteiger partial charge is 0.389 e. The Kier molecular flexibility index (Phi) is 4.63. The lowest BCUT2D eigenvalue weighted by molar-refractivity contribution is 0.169. The SMILES string of the molecule is O[C@H](CNc1ccc(I)cc1)Cn1c2ccccc2c2ccccc21. The summed E-state index contributed by atoms with van der Waals surface area (Å²) in [6, 6.07) is 24.9. The van der Waals surface area contributed by atoms with Crippen molar-refractivity contribution < 1.29 is 5.11 Å². The van der Waals surface area contributed by atoms with Gasteiger partial charge in [0.1, 0.15) is 0 Å². The second-order valence-electron chi connectivity index (χ2n) is 6.19. The Hall–Kier alpha value is -2.05. The summed E-state index contributed by atoms with van der Waals surface area (Å²) in [5, 5.41) is 16.3. The summed E-state index contributed by atoms with van der Waals surface area (Å²) in [6.45, 7) is 1.08. The maximum Gasteiger partial charge on any atom is 0.0891 e. The van der Waals surface area contributed by atoms with Gasteiger partial charge in [-0.15, -0.1) is 0 Å². The summed E-state index contributed by atoms with van der Waals surface area (Å²) < 4.78 is 3.42. The number of halogens is 1. The minimum atomic E-state index is -0.474. The van der Waals surface area contributed by atoms with Crippen molar-refractivity contribution in [3.8, 4) is 0 Å².